The highest BCUT2D eigenvalue weighted by Gasteiger charge is 2.10. The summed E-state index contributed by atoms with van der Waals surface area (Å²) in [5.41, 5.74) is 0.780. The van der Waals surface area contributed by atoms with E-state index in [1.807, 2.05) is 6.07 Å². The molecule has 108 valence electrons. The highest BCUT2D eigenvalue weighted by molar-refractivity contribution is 6.42. The zero-order chi connectivity index (χ0) is 14.4. The average Bonchev–Trinajstić information content (AvgIpc) is 2.90. The predicted octanol–water partition coefficient (Wildman–Crippen LogP) is 3.98. The van der Waals surface area contributed by atoms with E-state index < -0.39 is 0 Å². The van der Waals surface area contributed by atoms with Crippen molar-refractivity contribution in [3.8, 4) is 11.5 Å². The van der Waals surface area contributed by atoms with Gasteiger partial charge in [0.25, 0.3) is 0 Å². The molecule has 0 aliphatic heterocycles. The molecule has 0 saturated heterocycles. The lowest BCUT2D eigenvalue weighted by atomic mass is 10.2. The lowest BCUT2D eigenvalue weighted by molar-refractivity contribution is 0.491. The Balaban J connectivity index is 1.93. The van der Waals surface area contributed by atoms with Crippen molar-refractivity contribution in [3.05, 3.63) is 34.1 Å². The molecule has 20 heavy (non-hydrogen) atoms. The topological polar surface area (TPSA) is 51.0 Å². The Bertz CT molecular complexity index is 557. The van der Waals surface area contributed by atoms with Crippen LogP contribution in [-0.2, 0) is 6.42 Å². The third-order valence-electron chi connectivity index (χ3n) is 2.80. The molecule has 0 amide bonds. The maximum atomic E-state index is 5.97. The Kier molecular flexibility index (Phi) is 5.83. The molecule has 1 heterocycles. The Labute approximate surface area is 128 Å². The second kappa shape index (κ2) is 7.62. The molecule has 1 N–H and O–H groups in total. The molecule has 0 spiro atoms. The fourth-order valence-electron chi connectivity index (χ4n) is 1.77. The largest absolute Gasteiger partial charge is 0.421 e. The number of halogens is 2. The lowest BCUT2D eigenvalue weighted by Gasteiger charge is -2.00. The minimum absolute atomic E-state index is 0.472. The van der Waals surface area contributed by atoms with Gasteiger partial charge in [-0.3, -0.25) is 0 Å². The molecule has 2 rings (SSSR count). The summed E-state index contributed by atoms with van der Waals surface area (Å²) in [6, 6.07) is 5.26. The highest BCUT2D eigenvalue weighted by atomic mass is 35.5. The Morgan fingerprint density at radius 3 is 2.75 bits per heavy atom. The first-order chi connectivity index (χ1) is 9.70. The van der Waals surface area contributed by atoms with Gasteiger partial charge in [0.2, 0.25) is 11.8 Å². The van der Waals surface area contributed by atoms with Crippen LogP contribution in [0.1, 0.15) is 25.7 Å². The van der Waals surface area contributed by atoms with Gasteiger partial charge in [0.1, 0.15) is 0 Å². The molecular weight excluding hydrogens is 297 g/mol. The third-order valence-corrected chi connectivity index (χ3v) is 3.54. The van der Waals surface area contributed by atoms with Gasteiger partial charge in [0.15, 0.2) is 0 Å². The molecule has 1 aromatic heterocycles. The van der Waals surface area contributed by atoms with Crippen molar-refractivity contribution < 1.29 is 4.42 Å². The fraction of sp³-hybridized carbons (Fsp3) is 0.429. The average molecular weight is 314 g/mol. The molecule has 0 aliphatic carbocycles. The summed E-state index contributed by atoms with van der Waals surface area (Å²) in [5, 5.41) is 12.4. The Morgan fingerprint density at radius 2 is 2.00 bits per heavy atom. The predicted molar refractivity (Wildman–Crippen MR) is 81.2 cm³/mol. The monoisotopic (exact) mass is 313 g/mol. The van der Waals surface area contributed by atoms with Crippen LogP contribution >= 0.6 is 23.2 Å². The van der Waals surface area contributed by atoms with E-state index in [0.717, 1.165) is 37.9 Å². The minimum atomic E-state index is 0.472. The third kappa shape index (κ3) is 4.20. The second-order valence-corrected chi connectivity index (χ2v) is 5.30. The first-order valence-electron chi connectivity index (χ1n) is 6.69. The Morgan fingerprint density at radius 1 is 1.15 bits per heavy atom. The number of nitrogens with zero attached hydrogens (tertiary/aromatic N) is 2. The summed E-state index contributed by atoms with van der Waals surface area (Å²) in [6.45, 7) is 4.14. The van der Waals surface area contributed by atoms with Gasteiger partial charge in [-0.15, -0.1) is 10.2 Å². The molecular formula is C14H17Cl2N3O. The number of aromatic nitrogens is 2. The van der Waals surface area contributed by atoms with Gasteiger partial charge in [-0.05, 0) is 44.1 Å². The standard InChI is InChI=1S/C14H17Cl2N3O/c1-2-7-17-8-3-4-13-18-19-14(20-13)10-5-6-11(15)12(16)9-10/h5-6,9,17H,2-4,7-8H2,1H3. The number of benzene rings is 1. The van der Waals surface area contributed by atoms with E-state index in [1.54, 1.807) is 12.1 Å². The summed E-state index contributed by atoms with van der Waals surface area (Å²) in [5.74, 6) is 1.12. The smallest absolute Gasteiger partial charge is 0.247 e. The van der Waals surface area contributed by atoms with E-state index in [2.05, 4.69) is 22.4 Å². The van der Waals surface area contributed by atoms with E-state index >= 15 is 0 Å². The second-order valence-electron chi connectivity index (χ2n) is 4.48. The van der Waals surface area contributed by atoms with Gasteiger partial charge in [-0.1, -0.05) is 30.1 Å². The summed E-state index contributed by atoms with van der Waals surface area (Å²) in [6.07, 6.45) is 2.88. The summed E-state index contributed by atoms with van der Waals surface area (Å²) in [4.78, 5) is 0. The zero-order valence-corrected chi connectivity index (χ0v) is 12.8. The first kappa shape index (κ1) is 15.3. The van der Waals surface area contributed by atoms with Crippen LogP contribution in [-0.4, -0.2) is 23.3 Å². The number of nitrogens with one attached hydrogen (secondary N) is 1. The molecule has 0 unspecified atom stereocenters. The molecule has 0 bridgehead atoms. The van der Waals surface area contributed by atoms with E-state index in [1.165, 1.54) is 0 Å². The number of aryl methyl sites for hydroxylation is 1. The van der Waals surface area contributed by atoms with Gasteiger partial charge < -0.3 is 9.73 Å². The van der Waals surface area contributed by atoms with Crippen molar-refractivity contribution in [2.24, 2.45) is 0 Å². The van der Waals surface area contributed by atoms with Gasteiger partial charge in [0.05, 0.1) is 10.0 Å². The van der Waals surface area contributed by atoms with Gasteiger partial charge in [-0.25, -0.2) is 0 Å². The van der Waals surface area contributed by atoms with Crippen molar-refractivity contribution in [2.45, 2.75) is 26.2 Å². The molecule has 4 nitrogen and oxygen atoms in total. The molecule has 0 aliphatic rings. The van der Waals surface area contributed by atoms with Crippen LogP contribution in [0.25, 0.3) is 11.5 Å². The van der Waals surface area contributed by atoms with E-state index in [4.69, 9.17) is 27.6 Å². The minimum Gasteiger partial charge on any atom is -0.421 e. The van der Waals surface area contributed by atoms with Gasteiger partial charge in [0, 0.05) is 12.0 Å². The summed E-state index contributed by atoms with van der Waals surface area (Å²) >= 11 is 11.9. The molecule has 1 aromatic carbocycles. The zero-order valence-electron chi connectivity index (χ0n) is 11.3. The lowest BCUT2D eigenvalue weighted by Crippen LogP contribution is -2.16. The maximum Gasteiger partial charge on any atom is 0.247 e. The van der Waals surface area contributed by atoms with Crippen molar-refractivity contribution in [3.63, 3.8) is 0 Å². The van der Waals surface area contributed by atoms with E-state index in [9.17, 15) is 0 Å². The van der Waals surface area contributed by atoms with Crippen LogP contribution in [0.4, 0.5) is 0 Å². The van der Waals surface area contributed by atoms with Crippen molar-refractivity contribution in [1.29, 1.82) is 0 Å². The van der Waals surface area contributed by atoms with Crippen molar-refractivity contribution in [2.75, 3.05) is 13.1 Å². The Hall–Kier alpha value is -1.10. The number of hydrogen-bond donors (Lipinski definition) is 1. The van der Waals surface area contributed by atoms with Crippen LogP contribution in [0.2, 0.25) is 10.0 Å². The normalized spacial score (nSPS) is 10.9. The van der Waals surface area contributed by atoms with Crippen LogP contribution < -0.4 is 5.32 Å². The maximum absolute atomic E-state index is 5.97. The van der Waals surface area contributed by atoms with Crippen molar-refractivity contribution in [1.82, 2.24) is 15.5 Å². The molecule has 0 saturated carbocycles. The molecule has 0 atom stereocenters. The van der Waals surface area contributed by atoms with Crippen molar-refractivity contribution >= 4 is 23.2 Å². The van der Waals surface area contributed by atoms with Crippen LogP contribution in [0.3, 0.4) is 0 Å². The summed E-state index contributed by atoms with van der Waals surface area (Å²) in [7, 11) is 0. The quantitative estimate of drug-likeness (QED) is 0.786. The number of hydrogen-bond acceptors (Lipinski definition) is 4. The van der Waals surface area contributed by atoms with E-state index in [-0.39, 0.29) is 0 Å². The fourth-order valence-corrected chi connectivity index (χ4v) is 2.06. The SMILES string of the molecule is CCCNCCCc1nnc(-c2ccc(Cl)c(Cl)c2)o1. The van der Waals surface area contributed by atoms with Gasteiger partial charge >= 0.3 is 0 Å². The molecule has 0 fully saturated rings. The molecule has 6 heteroatoms. The molecule has 0 radical (unpaired) electrons. The van der Waals surface area contributed by atoms with E-state index in [0.29, 0.717) is 21.8 Å². The first-order valence-corrected chi connectivity index (χ1v) is 7.45. The van der Waals surface area contributed by atoms with Crippen LogP contribution in [0, 0.1) is 0 Å². The highest BCUT2D eigenvalue weighted by Crippen LogP contribution is 2.27. The van der Waals surface area contributed by atoms with Gasteiger partial charge in [-0.2, -0.15) is 0 Å². The number of rotatable bonds is 7. The molecule has 2 aromatic rings. The van der Waals surface area contributed by atoms with Crippen LogP contribution in [0.5, 0.6) is 0 Å². The summed E-state index contributed by atoms with van der Waals surface area (Å²) < 4.78 is 5.62. The van der Waals surface area contributed by atoms with Crippen LogP contribution in [0.15, 0.2) is 22.6 Å².